The van der Waals surface area contributed by atoms with Gasteiger partial charge in [-0.15, -0.1) is 0 Å². The zero-order valence-corrected chi connectivity index (χ0v) is 10.5. The van der Waals surface area contributed by atoms with Gasteiger partial charge in [0.05, 0.1) is 23.9 Å². The molecule has 0 unspecified atom stereocenters. The number of anilines is 1. The summed E-state index contributed by atoms with van der Waals surface area (Å²) in [6.45, 7) is 0. The molecule has 3 rings (SSSR count). The standard InChI is InChI=1S/C14H11N5O/c20-14(12-9-15-5-6-17-12)18-11-3-1-2-4-13(11)19-8-7-16-10-19/h1-10H,(H,18,20). The van der Waals surface area contributed by atoms with Crippen molar-refractivity contribution in [3.63, 3.8) is 0 Å². The average molecular weight is 265 g/mol. The van der Waals surface area contributed by atoms with Crippen molar-refractivity contribution < 1.29 is 4.79 Å². The molecule has 0 radical (unpaired) electrons. The van der Waals surface area contributed by atoms with Crippen LogP contribution >= 0.6 is 0 Å². The molecule has 6 heteroatoms. The molecule has 1 aromatic carbocycles. The molecule has 0 saturated heterocycles. The Morgan fingerprint density at radius 2 is 2.00 bits per heavy atom. The number of imidazole rings is 1. The van der Waals surface area contributed by atoms with Gasteiger partial charge >= 0.3 is 0 Å². The van der Waals surface area contributed by atoms with Crippen LogP contribution in [0.5, 0.6) is 0 Å². The first-order valence-corrected chi connectivity index (χ1v) is 5.99. The third kappa shape index (κ3) is 2.39. The Balaban J connectivity index is 1.90. The molecule has 0 aliphatic rings. The number of carbonyl (C=O) groups is 1. The molecule has 0 bridgehead atoms. The maximum atomic E-state index is 12.1. The van der Waals surface area contributed by atoms with E-state index in [0.29, 0.717) is 5.69 Å². The molecule has 0 saturated carbocycles. The number of rotatable bonds is 3. The summed E-state index contributed by atoms with van der Waals surface area (Å²) < 4.78 is 1.83. The summed E-state index contributed by atoms with van der Waals surface area (Å²) in [5.41, 5.74) is 1.79. The predicted molar refractivity (Wildman–Crippen MR) is 73.5 cm³/mol. The lowest BCUT2D eigenvalue weighted by Gasteiger charge is -2.10. The van der Waals surface area contributed by atoms with Crippen LogP contribution in [0.1, 0.15) is 10.5 Å². The van der Waals surface area contributed by atoms with E-state index in [4.69, 9.17) is 0 Å². The monoisotopic (exact) mass is 265 g/mol. The van der Waals surface area contributed by atoms with E-state index in [0.717, 1.165) is 5.69 Å². The lowest BCUT2D eigenvalue weighted by molar-refractivity contribution is 0.102. The number of benzene rings is 1. The molecule has 0 spiro atoms. The molecule has 3 aromatic rings. The van der Waals surface area contributed by atoms with E-state index >= 15 is 0 Å². The summed E-state index contributed by atoms with van der Waals surface area (Å²) in [5, 5.41) is 2.83. The Hall–Kier alpha value is -3.02. The number of nitrogens with one attached hydrogen (secondary N) is 1. The van der Waals surface area contributed by atoms with Crippen LogP contribution < -0.4 is 5.32 Å². The Bertz CT molecular complexity index is 709. The summed E-state index contributed by atoms with van der Waals surface area (Å²) in [4.78, 5) is 24.0. The normalized spacial score (nSPS) is 10.2. The lowest BCUT2D eigenvalue weighted by atomic mass is 10.2. The highest BCUT2D eigenvalue weighted by Gasteiger charge is 2.10. The lowest BCUT2D eigenvalue weighted by Crippen LogP contribution is -2.15. The number of carbonyl (C=O) groups excluding carboxylic acids is 1. The summed E-state index contributed by atoms with van der Waals surface area (Å²) in [6, 6.07) is 7.47. The average Bonchev–Trinajstić information content (AvgIpc) is 3.03. The molecule has 98 valence electrons. The second-order valence-electron chi connectivity index (χ2n) is 4.03. The largest absolute Gasteiger partial charge is 0.319 e. The predicted octanol–water partition coefficient (Wildman–Crippen LogP) is 1.91. The topological polar surface area (TPSA) is 72.7 Å². The van der Waals surface area contributed by atoms with E-state index < -0.39 is 0 Å². The first-order valence-electron chi connectivity index (χ1n) is 5.99. The fraction of sp³-hybridized carbons (Fsp3) is 0. The van der Waals surface area contributed by atoms with E-state index in [1.54, 1.807) is 12.5 Å². The van der Waals surface area contributed by atoms with Gasteiger partial charge in [-0.3, -0.25) is 9.78 Å². The van der Waals surface area contributed by atoms with E-state index in [9.17, 15) is 4.79 Å². The van der Waals surface area contributed by atoms with Crippen LogP contribution in [-0.4, -0.2) is 25.4 Å². The first-order chi connectivity index (χ1) is 9.84. The third-order valence-electron chi connectivity index (χ3n) is 2.73. The minimum atomic E-state index is -0.300. The highest BCUT2D eigenvalue weighted by molar-refractivity contribution is 6.03. The van der Waals surface area contributed by atoms with Crippen molar-refractivity contribution in [3.8, 4) is 5.69 Å². The number of nitrogens with zero attached hydrogens (tertiary/aromatic N) is 4. The highest BCUT2D eigenvalue weighted by atomic mass is 16.1. The second-order valence-corrected chi connectivity index (χ2v) is 4.03. The first kappa shape index (κ1) is 12.0. The Labute approximate surface area is 115 Å². The molecular weight excluding hydrogens is 254 g/mol. The van der Waals surface area contributed by atoms with Crippen molar-refractivity contribution in [1.29, 1.82) is 0 Å². The maximum Gasteiger partial charge on any atom is 0.275 e. The zero-order chi connectivity index (χ0) is 13.8. The van der Waals surface area contributed by atoms with Crippen LogP contribution in [0.25, 0.3) is 5.69 Å². The van der Waals surface area contributed by atoms with Gasteiger partial charge in [0.1, 0.15) is 5.69 Å². The summed E-state index contributed by atoms with van der Waals surface area (Å²) >= 11 is 0. The molecule has 2 heterocycles. The highest BCUT2D eigenvalue weighted by Crippen LogP contribution is 2.19. The number of amides is 1. The van der Waals surface area contributed by atoms with E-state index in [1.165, 1.54) is 18.6 Å². The molecule has 0 aliphatic carbocycles. The summed E-state index contributed by atoms with van der Waals surface area (Å²) in [7, 11) is 0. The van der Waals surface area contributed by atoms with Crippen LogP contribution in [0, 0.1) is 0 Å². The summed E-state index contributed by atoms with van der Waals surface area (Å²) in [5.74, 6) is -0.300. The Kier molecular flexibility index (Phi) is 3.20. The van der Waals surface area contributed by atoms with Crippen molar-refractivity contribution in [3.05, 3.63) is 67.3 Å². The molecule has 20 heavy (non-hydrogen) atoms. The van der Waals surface area contributed by atoms with Crippen molar-refractivity contribution in [2.75, 3.05) is 5.32 Å². The van der Waals surface area contributed by atoms with Gasteiger partial charge in [0, 0.05) is 24.8 Å². The van der Waals surface area contributed by atoms with Crippen molar-refractivity contribution in [2.45, 2.75) is 0 Å². The minimum Gasteiger partial charge on any atom is -0.319 e. The van der Waals surface area contributed by atoms with Gasteiger partial charge in [-0.2, -0.15) is 0 Å². The molecule has 1 amide bonds. The van der Waals surface area contributed by atoms with Gasteiger partial charge in [0.15, 0.2) is 0 Å². The van der Waals surface area contributed by atoms with Crippen molar-refractivity contribution in [2.24, 2.45) is 0 Å². The smallest absolute Gasteiger partial charge is 0.275 e. The second kappa shape index (κ2) is 5.31. The fourth-order valence-corrected chi connectivity index (χ4v) is 1.81. The molecule has 2 aromatic heterocycles. The van der Waals surface area contributed by atoms with Gasteiger partial charge in [-0.25, -0.2) is 9.97 Å². The number of para-hydroxylation sites is 2. The molecule has 6 nitrogen and oxygen atoms in total. The van der Waals surface area contributed by atoms with Crippen molar-refractivity contribution >= 4 is 11.6 Å². The van der Waals surface area contributed by atoms with Crippen LogP contribution in [0.3, 0.4) is 0 Å². The Morgan fingerprint density at radius 1 is 1.10 bits per heavy atom. The zero-order valence-electron chi connectivity index (χ0n) is 10.5. The minimum absolute atomic E-state index is 0.271. The fourth-order valence-electron chi connectivity index (χ4n) is 1.81. The van der Waals surface area contributed by atoms with Crippen LogP contribution in [0.15, 0.2) is 61.6 Å². The van der Waals surface area contributed by atoms with Crippen molar-refractivity contribution in [1.82, 2.24) is 19.5 Å². The number of aromatic nitrogens is 4. The molecule has 0 aliphatic heterocycles. The summed E-state index contributed by atoms with van der Waals surface area (Å²) in [6.07, 6.45) is 9.60. The molecule has 0 atom stereocenters. The van der Waals surface area contributed by atoms with Gasteiger partial charge in [-0.1, -0.05) is 12.1 Å². The molecular formula is C14H11N5O. The van der Waals surface area contributed by atoms with E-state index in [-0.39, 0.29) is 11.6 Å². The van der Waals surface area contributed by atoms with Crippen LogP contribution in [-0.2, 0) is 0 Å². The molecule has 1 N–H and O–H groups in total. The number of hydrogen-bond donors (Lipinski definition) is 1. The van der Waals surface area contributed by atoms with Gasteiger partial charge < -0.3 is 9.88 Å². The quantitative estimate of drug-likeness (QED) is 0.785. The SMILES string of the molecule is O=C(Nc1ccccc1-n1ccnc1)c1cnccn1. The van der Waals surface area contributed by atoms with Crippen LogP contribution in [0.2, 0.25) is 0 Å². The van der Waals surface area contributed by atoms with E-state index in [2.05, 4.69) is 20.3 Å². The van der Waals surface area contributed by atoms with Gasteiger partial charge in [-0.05, 0) is 12.1 Å². The Morgan fingerprint density at radius 3 is 2.75 bits per heavy atom. The maximum absolute atomic E-state index is 12.1. The molecule has 0 fully saturated rings. The van der Waals surface area contributed by atoms with Gasteiger partial charge in [0.25, 0.3) is 5.91 Å². The van der Waals surface area contributed by atoms with Gasteiger partial charge in [0.2, 0.25) is 0 Å². The number of hydrogen-bond acceptors (Lipinski definition) is 4. The van der Waals surface area contributed by atoms with Crippen LogP contribution in [0.4, 0.5) is 5.69 Å². The third-order valence-corrected chi connectivity index (χ3v) is 2.73. The van der Waals surface area contributed by atoms with E-state index in [1.807, 2.05) is 35.0 Å².